The molecule has 2 atom stereocenters. The van der Waals surface area contributed by atoms with Gasteiger partial charge in [-0.15, -0.1) is 0 Å². The Hall–Kier alpha value is -1.00. The van der Waals surface area contributed by atoms with Gasteiger partial charge in [0.1, 0.15) is 11.6 Å². The number of nitrogens with one attached hydrogen (secondary N) is 1. The van der Waals surface area contributed by atoms with Crippen molar-refractivity contribution in [1.82, 2.24) is 5.32 Å². The molecule has 0 fully saturated rings. The first-order valence-corrected chi connectivity index (χ1v) is 5.90. The molecule has 0 aromatic heterocycles. The van der Waals surface area contributed by atoms with Crippen LogP contribution in [0.3, 0.4) is 0 Å². The van der Waals surface area contributed by atoms with E-state index >= 15 is 0 Å². The molecule has 0 heterocycles. The average molecular weight is 243 g/mol. The fourth-order valence-electron chi connectivity index (χ4n) is 1.85. The number of halogens is 2. The van der Waals surface area contributed by atoms with Crippen molar-refractivity contribution < 1.29 is 13.9 Å². The molecule has 2 unspecified atom stereocenters. The van der Waals surface area contributed by atoms with E-state index in [4.69, 9.17) is 5.11 Å². The summed E-state index contributed by atoms with van der Waals surface area (Å²) in [5.41, 5.74) is 0.321. The summed E-state index contributed by atoms with van der Waals surface area (Å²) >= 11 is 0. The van der Waals surface area contributed by atoms with Gasteiger partial charge < -0.3 is 10.4 Å². The first-order valence-electron chi connectivity index (χ1n) is 5.90. The average Bonchev–Trinajstić information content (AvgIpc) is 2.31. The Kier molecular flexibility index (Phi) is 5.51. The van der Waals surface area contributed by atoms with Gasteiger partial charge in [0.2, 0.25) is 0 Å². The zero-order chi connectivity index (χ0) is 12.8. The van der Waals surface area contributed by atoms with Crippen molar-refractivity contribution in [1.29, 1.82) is 0 Å². The van der Waals surface area contributed by atoms with E-state index in [1.165, 1.54) is 6.07 Å². The van der Waals surface area contributed by atoms with E-state index in [9.17, 15) is 8.78 Å². The molecule has 4 heteroatoms. The molecule has 1 aromatic rings. The van der Waals surface area contributed by atoms with Crippen LogP contribution in [0.25, 0.3) is 0 Å². The quantitative estimate of drug-likeness (QED) is 0.805. The van der Waals surface area contributed by atoms with Crippen molar-refractivity contribution in [3.05, 3.63) is 35.4 Å². The maximum absolute atomic E-state index is 13.5. The highest BCUT2D eigenvalue weighted by Crippen LogP contribution is 2.19. The van der Waals surface area contributed by atoms with Crippen LogP contribution < -0.4 is 5.32 Å². The zero-order valence-corrected chi connectivity index (χ0v) is 10.2. The number of aliphatic hydroxyl groups is 1. The summed E-state index contributed by atoms with van der Waals surface area (Å²) in [6.45, 7) is 3.86. The van der Waals surface area contributed by atoms with Gasteiger partial charge >= 0.3 is 0 Å². The Balaban J connectivity index is 2.74. The second kappa shape index (κ2) is 6.67. The van der Waals surface area contributed by atoms with Gasteiger partial charge in [-0.05, 0) is 38.0 Å². The maximum Gasteiger partial charge on any atom is 0.128 e. The Bertz CT molecular complexity index is 357. The lowest BCUT2D eigenvalue weighted by Crippen LogP contribution is -2.32. The smallest absolute Gasteiger partial charge is 0.128 e. The summed E-state index contributed by atoms with van der Waals surface area (Å²) in [5.74, 6) is -0.851. The molecule has 0 bridgehead atoms. The van der Waals surface area contributed by atoms with Crippen molar-refractivity contribution in [3.63, 3.8) is 0 Å². The highest BCUT2D eigenvalue weighted by molar-refractivity contribution is 5.21. The van der Waals surface area contributed by atoms with Crippen LogP contribution in [0, 0.1) is 11.6 Å². The molecule has 0 aliphatic carbocycles. The minimum Gasteiger partial charge on any atom is -0.396 e. The van der Waals surface area contributed by atoms with Crippen LogP contribution >= 0.6 is 0 Å². The molecule has 0 aliphatic rings. The van der Waals surface area contributed by atoms with E-state index in [1.807, 2.05) is 6.92 Å². The summed E-state index contributed by atoms with van der Waals surface area (Å²) in [4.78, 5) is 0. The van der Waals surface area contributed by atoms with Crippen molar-refractivity contribution in [2.75, 3.05) is 6.61 Å². The summed E-state index contributed by atoms with van der Waals surface area (Å²) in [7, 11) is 0. The van der Waals surface area contributed by atoms with E-state index in [1.54, 1.807) is 6.92 Å². The first-order chi connectivity index (χ1) is 8.08. The lowest BCUT2D eigenvalue weighted by Gasteiger charge is -2.22. The highest BCUT2D eigenvalue weighted by atomic mass is 19.1. The van der Waals surface area contributed by atoms with Crippen LogP contribution in [0.2, 0.25) is 0 Å². The molecule has 96 valence electrons. The van der Waals surface area contributed by atoms with Gasteiger partial charge in [-0.3, -0.25) is 0 Å². The summed E-state index contributed by atoms with van der Waals surface area (Å²) in [6, 6.07) is 3.28. The first kappa shape index (κ1) is 14.1. The Morgan fingerprint density at radius 1 is 1.35 bits per heavy atom. The van der Waals surface area contributed by atoms with E-state index in [0.717, 1.165) is 18.6 Å². The maximum atomic E-state index is 13.5. The van der Waals surface area contributed by atoms with E-state index in [2.05, 4.69) is 5.32 Å². The molecular weight excluding hydrogens is 224 g/mol. The molecule has 0 saturated carbocycles. The molecule has 0 aliphatic heterocycles. The highest BCUT2D eigenvalue weighted by Gasteiger charge is 2.15. The van der Waals surface area contributed by atoms with Crippen molar-refractivity contribution in [2.24, 2.45) is 0 Å². The van der Waals surface area contributed by atoms with E-state index < -0.39 is 11.6 Å². The minimum absolute atomic E-state index is 0.0872. The second-order valence-corrected chi connectivity index (χ2v) is 4.17. The van der Waals surface area contributed by atoms with E-state index in [0.29, 0.717) is 12.0 Å². The molecule has 0 saturated heterocycles. The monoisotopic (exact) mass is 243 g/mol. The number of hydrogen-bond donors (Lipinski definition) is 2. The zero-order valence-electron chi connectivity index (χ0n) is 10.2. The molecule has 0 radical (unpaired) electrons. The number of hydrogen-bond acceptors (Lipinski definition) is 2. The fraction of sp³-hybridized carbons (Fsp3) is 0.538. The van der Waals surface area contributed by atoms with Gasteiger partial charge in [0.25, 0.3) is 0 Å². The van der Waals surface area contributed by atoms with Gasteiger partial charge in [0, 0.05) is 24.3 Å². The molecule has 1 aromatic carbocycles. The van der Waals surface area contributed by atoms with Gasteiger partial charge in [-0.1, -0.05) is 6.92 Å². The molecule has 0 amide bonds. The number of benzene rings is 1. The second-order valence-electron chi connectivity index (χ2n) is 4.17. The van der Waals surface area contributed by atoms with Crippen LogP contribution in [0.4, 0.5) is 8.78 Å². The van der Waals surface area contributed by atoms with Crippen LogP contribution in [0.15, 0.2) is 18.2 Å². The van der Waals surface area contributed by atoms with Crippen molar-refractivity contribution in [2.45, 2.75) is 38.8 Å². The number of aliphatic hydroxyl groups excluding tert-OH is 1. The van der Waals surface area contributed by atoms with Crippen molar-refractivity contribution in [3.8, 4) is 0 Å². The fourth-order valence-corrected chi connectivity index (χ4v) is 1.85. The van der Waals surface area contributed by atoms with Crippen LogP contribution in [-0.4, -0.2) is 17.8 Å². The van der Waals surface area contributed by atoms with Gasteiger partial charge in [-0.25, -0.2) is 8.78 Å². The predicted octanol–water partition coefficient (Wildman–Crippen LogP) is 2.78. The summed E-state index contributed by atoms with van der Waals surface area (Å²) in [6.07, 6.45) is 1.44. The lowest BCUT2D eigenvalue weighted by atomic mass is 10.0. The largest absolute Gasteiger partial charge is 0.396 e. The standard InChI is InChI=1S/C13H19F2NO/c1-3-11(6-7-17)16-9(2)12-8-10(14)4-5-13(12)15/h4-5,8-9,11,16-17H,3,6-7H2,1-2H3. The summed E-state index contributed by atoms with van der Waals surface area (Å²) < 4.78 is 26.5. The molecular formula is C13H19F2NO. The van der Waals surface area contributed by atoms with Crippen LogP contribution in [0.1, 0.15) is 38.3 Å². The normalized spacial score (nSPS) is 14.6. The van der Waals surface area contributed by atoms with Crippen LogP contribution in [0.5, 0.6) is 0 Å². The third-order valence-corrected chi connectivity index (χ3v) is 2.88. The number of rotatable bonds is 6. The topological polar surface area (TPSA) is 32.3 Å². The predicted molar refractivity (Wildman–Crippen MR) is 63.7 cm³/mol. The van der Waals surface area contributed by atoms with Crippen molar-refractivity contribution >= 4 is 0 Å². The Morgan fingerprint density at radius 3 is 2.65 bits per heavy atom. The molecule has 1 rings (SSSR count). The molecule has 17 heavy (non-hydrogen) atoms. The SMILES string of the molecule is CCC(CCO)NC(C)c1cc(F)ccc1F. The lowest BCUT2D eigenvalue weighted by molar-refractivity contribution is 0.256. The third-order valence-electron chi connectivity index (χ3n) is 2.88. The van der Waals surface area contributed by atoms with Gasteiger partial charge in [0.15, 0.2) is 0 Å². The molecule has 2 N–H and O–H groups in total. The Labute approximate surface area is 101 Å². The van der Waals surface area contributed by atoms with Crippen LogP contribution in [-0.2, 0) is 0 Å². The Morgan fingerprint density at radius 2 is 2.06 bits per heavy atom. The third kappa shape index (κ3) is 4.06. The van der Waals surface area contributed by atoms with Gasteiger partial charge in [-0.2, -0.15) is 0 Å². The molecule has 0 spiro atoms. The van der Waals surface area contributed by atoms with Gasteiger partial charge in [0.05, 0.1) is 0 Å². The minimum atomic E-state index is -0.440. The summed E-state index contributed by atoms with van der Waals surface area (Å²) in [5, 5.41) is 12.1. The van der Waals surface area contributed by atoms with E-state index in [-0.39, 0.29) is 18.7 Å². The molecule has 2 nitrogen and oxygen atoms in total.